The summed E-state index contributed by atoms with van der Waals surface area (Å²) in [5.41, 5.74) is 11.8. The van der Waals surface area contributed by atoms with E-state index in [-0.39, 0.29) is 43.1 Å². The van der Waals surface area contributed by atoms with Crippen LogP contribution < -0.4 is 11.4 Å². The van der Waals surface area contributed by atoms with Crippen molar-refractivity contribution in [2.75, 3.05) is 33.4 Å². The number of piperidine rings is 1. The summed E-state index contributed by atoms with van der Waals surface area (Å²) in [5, 5.41) is 9.47. The third-order valence-corrected chi connectivity index (χ3v) is 8.84. The molecule has 1 aliphatic rings. The van der Waals surface area contributed by atoms with Crippen molar-refractivity contribution in [2.45, 2.75) is 57.2 Å². The first kappa shape index (κ1) is 30.8. The third kappa shape index (κ3) is 6.45. The van der Waals surface area contributed by atoms with Gasteiger partial charge in [0.15, 0.2) is 0 Å². The summed E-state index contributed by atoms with van der Waals surface area (Å²) in [4.78, 5) is 33.6. The van der Waals surface area contributed by atoms with Gasteiger partial charge in [0, 0.05) is 51.7 Å². The fourth-order valence-corrected chi connectivity index (χ4v) is 6.71. The first-order chi connectivity index (χ1) is 22.0. The second-order valence-corrected chi connectivity index (χ2v) is 12.0. The highest BCUT2D eigenvalue weighted by atomic mass is 16.5. The Labute approximate surface area is 262 Å². The molecule has 2 aromatic heterocycles. The molecule has 1 saturated heterocycles. The Hall–Kier alpha value is -4.25. The van der Waals surface area contributed by atoms with E-state index in [1.165, 1.54) is 0 Å². The number of methoxy groups -OCH3 is 1. The van der Waals surface area contributed by atoms with Crippen LogP contribution in [0.5, 0.6) is 0 Å². The van der Waals surface area contributed by atoms with Crippen LogP contribution in [0.2, 0.25) is 0 Å². The van der Waals surface area contributed by atoms with E-state index in [0.29, 0.717) is 19.6 Å². The van der Waals surface area contributed by atoms with Crippen LogP contribution in [0.25, 0.3) is 27.8 Å². The highest BCUT2D eigenvalue weighted by Gasteiger charge is 2.29. The van der Waals surface area contributed by atoms with E-state index < -0.39 is 0 Å². The molecule has 1 fully saturated rings. The Morgan fingerprint density at radius 1 is 1.00 bits per heavy atom. The van der Waals surface area contributed by atoms with Crippen LogP contribution in [0, 0.1) is 0 Å². The van der Waals surface area contributed by atoms with Gasteiger partial charge < -0.3 is 25.0 Å². The van der Waals surface area contributed by atoms with Gasteiger partial charge in [0.2, 0.25) is 5.91 Å². The van der Waals surface area contributed by atoms with Gasteiger partial charge in [-0.25, -0.2) is 9.78 Å². The van der Waals surface area contributed by atoms with E-state index >= 15 is 0 Å². The van der Waals surface area contributed by atoms with E-state index in [1.54, 1.807) is 16.2 Å². The molecule has 0 aliphatic carbocycles. The Morgan fingerprint density at radius 3 is 2.49 bits per heavy atom. The minimum Gasteiger partial charge on any atom is -0.395 e. The number of aryl methyl sites for hydroxylation is 1. The molecule has 10 heteroatoms. The first-order valence-electron chi connectivity index (χ1n) is 15.9. The molecule has 6 rings (SSSR count). The monoisotopic (exact) mass is 610 g/mol. The number of aliphatic hydroxyl groups is 1. The molecule has 2 atom stereocenters. The van der Waals surface area contributed by atoms with E-state index in [1.807, 2.05) is 65.6 Å². The number of amides is 1. The molecule has 0 bridgehead atoms. The average Bonchev–Trinajstić information content (AvgIpc) is 3.56. The van der Waals surface area contributed by atoms with E-state index in [9.17, 15) is 14.7 Å². The highest BCUT2D eigenvalue weighted by Crippen LogP contribution is 2.30. The van der Waals surface area contributed by atoms with Crippen molar-refractivity contribution in [1.82, 2.24) is 23.6 Å². The maximum Gasteiger partial charge on any atom is 0.333 e. The topological polar surface area (TPSA) is 121 Å². The van der Waals surface area contributed by atoms with Gasteiger partial charge in [-0.15, -0.1) is 0 Å². The Balaban J connectivity index is 1.11. The third-order valence-electron chi connectivity index (χ3n) is 8.84. The lowest BCUT2D eigenvalue weighted by Crippen LogP contribution is -2.42. The van der Waals surface area contributed by atoms with Gasteiger partial charge in [0.05, 0.1) is 40.9 Å². The number of imidazole rings is 2. The van der Waals surface area contributed by atoms with Crippen LogP contribution >= 0.6 is 0 Å². The van der Waals surface area contributed by atoms with Gasteiger partial charge in [-0.1, -0.05) is 36.4 Å². The lowest BCUT2D eigenvalue weighted by atomic mass is 9.96. The van der Waals surface area contributed by atoms with E-state index in [0.717, 1.165) is 71.5 Å². The van der Waals surface area contributed by atoms with Crippen LogP contribution in [-0.2, 0) is 29.0 Å². The van der Waals surface area contributed by atoms with Crippen molar-refractivity contribution in [3.8, 4) is 5.69 Å². The molecule has 45 heavy (non-hydrogen) atoms. The number of likely N-dealkylation sites (tertiary alicyclic amines) is 1. The summed E-state index contributed by atoms with van der Waals surface area (Å²) in [6, 6.07) is 23.2. The maximum absolute atomic E-state index is 13.4. The largest absolute Gasteiger partial charge is 0.395 e. The summed E-state index contributed by atoms with van der Waals surface area (Å²) < 4.78 is 10.9. The molecule has 0 saturated carbocycles. The van der Waals surface area contributed by atoms with Gasteiger partial charge in [-0.2, -0.15) is 0 Å². The molecule has 10 nitrogen and oxygen atoms in total. The standard InChI is InChI=1S/C35H42N6O4/c1-45-21-7-18-39-30-10-3-2-9-29(30)37-34(39)26-8-6-17-38(24-26)33(43)23-27(36)22-25-13-15-28(16-14-25)41-32-12-5-4-11-31(32)40(19-20-42)35(41)44/h2-5,9-16,26-27,42H,6-8,17-24,36H2,1H3/t26-,27-/m1/s1. The van der Waals surface area contributed by atoms with Crippen molar-refractivity contribution in [3.05, 3.63) is 94.7 Å². The zero-order chi connectivity index (χ0) is 31.3. The Morgan fingerprint density at radius 2 is 1.73 bits per heavy atom. The number of hydrogen-bond donors (Lipinski definition) is 2. The van der Waals surface area contributed by atoms with E-state index in [4.69, 9.17) is 15.5 Å². The first-order valence-corrected chi connectivity index (χ1v) is 15.9. The normalized spacial score (nSPS) is 16.1. The van der Waals surface area contributed by atoms with Crippen molar-refractivity contribution in [1.29, 1.82) is 0 Å². The Kier molecular flexibility index (Phi) is 9.44. The quantitative estimate of drug-likeness (QED) is 0.207. The van der Waals surface area contributed by atoms with Gasteiger partial charge in [0.1, 0.15) is 5.82 Å². The number of carbonyl (C=O) groups excluding carboxylic acids is 1. The second kappa shape index (κ2) is 13.8. The van der Waals surface area contributed by atoms with Crippen LogP contribution in [0.4, 0.5) is 0 Å². The Bertz CT molecular complexity index is 1820. The molecule has 3 heterocycles. The molecule has 236 valence electrons. The van der Waals surface area contributed by atoms with Crippen LogP contribution in [0.1, 0.15) is 43.0 Å². The molecule has 0 spiro atoms. The minimum absolute atomic E-state index is 0.0779. The number of carbonyl (C=O) groups is 1. The lowest BCUT2D eigenvalue weighted by molar-refractivity contribution is -0.132. The summed E-state index contributed by atoms with van der Waals surface area (Å²) in [6.07, 6.45) is 3.66. The molecule has 0 unspecified atom stereocenters. The molecule has 0 radical (unpaired) electrons. The van der Waals surface area contributed by atoms with Crippen LogP contribution in [-0.4, -0.2) is 74.1 Å². The number of para-hydroxylation sites is 4. The summed E-state index contributed by atoms with van der Waals surface area (Å²) >= 11 is 0. The van der Waals surface area contributed by atoms with Gasteiger partial charge in [0.25, 0.3) is 0 Å². The number of ether oxygens (including phenoxy) is 1. The smallest absolute Gasteiger partial charge is 0.333 e. The molecule has 3 aromatic carbocycles. The van der Waals surface area contributed by atoms with Crippen molar-refractivity contribution < 1.29 is 14.6 Å². The van der Waals surface area contributed by atoms with Crippen molar-refractivity contribution in [3.63, 3.8) is 0 Å². The van der Waals surface area contributed by atoms with Crippen molar-refractivity contribution >= 4 is 28.0 Å². The zero-order valence-corrected chi connectivity index (χ0v) is 25.8. The minimum atomic E-state index is -0.323. The van der Waals surface area contributed by atoms with Crippen LogP contribution in [0.15, 0.2) is 77.6 Å². The fourth-order valence-electron chi connectivity index (χ4n) is 6.71. The number of hydrogen-bond acceptors (Lipinski definition) is 6. The summed E-state index contributed by atoms with van der Waals surface area (Å²) in [5.74, 6) is 1.30. The molecule has 1 amide bonds. The number of nitrogens with zero attached hydrogens (tertiary/aromatic N) is 5. The number of nitrogens with two attached hydrogens (primary N) is 1. The van der Waals surface area contributed by atoms with E-state index in [2.05, 4.69) is 16.7 Å². The zero-order valence-electron chi connectivity index (χ0n) is 25.8. The highest BCUT2D eigenvalue weighted by molar-refractivity contribution is 5.79. The van der Waals surface area contributed by atoms with Gasteiger partial charge in [-0.3, -0.25) is 13.9 Å². The number of benzene rings is 3. The number of fused-ring (bicyclic) bond motifs is 2. The van der Waals surface area contributed by atoms with Crippen molar-refractivity contribution in [2.24, 2.45) is 5.73 Å². The summed E-state index contributed by atoms with van der Waals surface area (Å²) in [6.45, 7) is 3.02. The molecule has 5 aromatic rings. The molecule has 1 aliphatic heterocycles. The van der Waals surface area contributed by atoms with Gasteiger partial charge in [-0.05, 0) is 67.6 Å². The predicted molar refractivity (Wildman–Crippen MR) is 176 cm³/mol. The average molecular weight is 611 g/mol. The van der Waals surface area contributed by atoms with Gasteiger partial charge >= 0.3 is 5.69 Å². The fraction of sp³-hybridized carbons (Fsp3) is 0.400. The number of rotatable bonds is 12. The molecule has 3 N–H and O–H groups in total. The van der Waals surface area contributed by atoms with Crippen LogP contribution in [0.3, 0.4) is 0 Å². The maximum atomic E-state index is 13.4. The number of aliphatic hydroxyl groups excluding tert-OH is 1. The molecular formula is C35H42N6O4. The summed E-state index contributed by atoms with van der Waals surface area (Å²) in [7, 11) is 1.72. The predicted octanol–water partition coefficient (Wildman–Crippen LogP) is 3.84. The SMILES string of the molecule is COCCCn1c([C@@H]2CCCN(C(=O)C[C@H](N)Cc3ccc(-n4c(=O)n(CCO)c5ccccc54)cc3)C2)nc2ccccc21. The second-order valence-electron chi connectivity index (χ2n) is 12.0. The molecular weight excluding hydrogens is 568 g/mol. The number of aromatic nitrogens is 4. The lowest BCUT2D eigenvalue weighted by Gasteiger charge is -2.33.